The van der Waals surface area contributed by atoms with Crippen LogP contribution in [0.1, 0.15) is 29.8 Å². The van der Waals surface area contributed by atoms with Crippen molar-refractivity contribution >= 4 is 11.8 Å². The summed E-state index contributed by atoms with van der Waals surface area (Å²) < 4.78 is 14.4. The molecule has 2 rings (SSSR count). The van der Waals surface area contributed by atoms with E-state index in [2.05, 4.69) is 20.7 Å². The number of amides is 2. The zero-order chi connectivity index (χ0) is 16.8. The van der Waals surface area contributed by atoms with Gasteiger partial charge in [0.2, 0.25) is 11.7 Å². The van der Waals surface area contributed by atoms with E-state index >= 15 is 0 Å². The highest BCUT2D eigenvalue weighted by Crippen LogP contribution is 2.10. The number of carbonyl (C=O) groups excluding carboxylic acids is 2. The van der Waals surface area contributed by atoms with E-state index in [1.165, 1.54) is 28.9 Å². The summed E-state index contributed by atoms with van der Waals surface area (Å²) in [6.07, 6.45) is 0.822. The van der Waals surface area contributed by atoms with Gasteiger partial charge in [0.15, 0.2) is 0 Å². The highest BCUT2D eigenvalue weighted by Gasteiger charge is 2.16. The second-order valence-corrected chi connectivity index (χ2v) is 4.90. The summed E-state index contributed by atoms with van der Waals surface area (Å²) in [5, 5.41) is 9.20. The van der Waals surface area contributed by atoms with Crippen molar-refractivity contribution in [1.82, 2.24) is 25.4 Å². The van der Waals surface area contributed by atoms with E-state index in [0.717, 1.165) is 6.42 Å². The zero-order valence-corrected chi connectivity index (χ0v) is 13.0. The highest BCUT2D eigenvalue weighted by atomic mass is 19.1. The van der Waals surface area contributed by atoms with Crippen LogP contribution < -0.4 is 10.6 Å². The molecule has 23 heavy (non-hydrogen) atoms. The number of nitrogens with zero attached hydrogens (tertiary/aromatic N) is 3. The molecule has 8 heteroatoms. The molecule has 2 aromatic rings. The molecular weight excluding hydrogens is 301 g/mol. The molecule has 0 fully saturated rings. The Balaban J connectivity index is 2.04. The van der Waals surface area contributed by atoms with E-state index in [0.29, 0.717) is 18.1 Å². The average Bonchev–Trinajstić information content (AvgIpc) is 2.93. The predicted octanol–water partition coefficient (Wildman–Crippen LogP) is 0.971. The molecule has 0 bridgehead atoms. The van der Waals surface area contributed by atoms with Crippen molar-refractivity contribution in [2.45, 2.75) is 20.3 Å². The summed E-state index contributed by atoms with van der Waals surface area (Å²) in [5.74, 6) is -0.731. The Kier molecular flexibility index (Phi) is 5.40. The molecule has 1 aromatic carbocycles. The molecule has 122 valence electrons. The van der Waals surface area contributed by atoms with Gasteiger partial charge in [0.1, 0.15) is 11.6 Å². The second kappa shape index (κ2) is 7.48. The number of rotatable bonds is 6. The maximum absolute atomic E-state index is 13.0. The van der Waals surface area contributed by atoms with Crippen molar-refractivity contribution < 1.29 is 14.0 Å². The third kappa shape index (κ3) is 4.35. The minimum absolute atomic E-state index is 0.0462. The lowest BCUT2D eigenvalue weighted by Gasteiger charge is -2.04. The Hall–Kier alpha value is -2.77. The summed E-state index contributed by atoms with van der Waals surface area (Å²) >= 11 is 0. The highest BCUT2D eigenvalue weighted by molar-refractivity contribution is 5.93. The van der Waals surface area contributed by atoms with Crippen LogP contribution in [-0.2, 0) is 4.79 Å². The fraction of sp³-hybridized carbons (Fsp3) is 0.333. The molecule has 1 heterocycles. The van der Waals surface area contributed by atoms with Gasteiger partial charge in [-0.1, -0.05) is 6.92 Å². The Labute approximate surface area is 132 Å². The number of aryl methyl sites for hydroxylation is 1. The minimum atomic E-state index is -0.541. The van der Waals surface area contributed by atoms with Crippen molar-refractivity contribution in [2.24, 2.45) is 0 Å². The molecule has 2 N–H and O–H groups in total. The molecule has 0 unspecified atom stereocenters. The van der Waals surface area contributed by atoms with E-state index in [9.17, 15) is 14.0 Å². The van der Waals surface area contributed by atoms with Gasteiger partial charge in [-0.15, -0.1) is 5.10 Å². The summed E-state index contributed by atoms with van der Waals surface area (Å²) in [5.41, 5.74) is 0.594. The maximum Gasteiger partial charge on any atom is 0.291 e. The number of hydrogen-bond acceptors (Lipinski definition) is 4. The molecule has 0 spiro atoms. The summed E-state index contributed by atoms with van der Waals surface area (Å²) in [7, 11) is 0. The number of aromatic nitrogens is 3. The molecule has 0 aliphatic rings. The molecule has 0 saturated heterocycles. The fourth-order valence-corrected chi connectivity index (χ4v) is 1.88. The zero-order valence-electron chi connectivity index (χ0n) is 13.0. The summed E-state index contributed by atoms with van der Waals surface area (Å²) in [4.78, 5) is 27.5. The van der Waals surface area contributed by atoms with Gasteiger partial charge < -0.3 is 10.6 Å². The van der Waals surface area contributed by atoms with Crippen LogP contribution >= 0.6 is 0 Å². The quantitative estimate of drug-likeness (QED) is 0.830. The Morgan fingerprint density at radius 2 is 1.91 bits per heavy atom. The second-order valence-electron chi connectivity index (χ2n) is 4.90. The smallest absolute Gasteiger partial charge is 0.291 e. The van der Waals surface area contributed by atoms with Crippen molar-refractivity contribution in [2.75, 3.05) is 13.1 Å². The number of carbonyl (C=O) groups is 2. The predicted molar refractivity (Wildman–Crippen MR) is 81.7 cm³/mol. The van der Waals surface area contributed by atoms with Gasteiger partial charge in [-0.25, -0.2) is 14.1 Å². The largest absolute Gasteiger partial charge is 0.355 e. The number of hydrogen-bond donors (Lipinski definition) is 2. The van der Waals surface area contributed by atoms with E-state index < -0.39 is 5.91 Å². The first-order valence-corrected chi connectivity index (χ1v) is 7.25. The van der Waals surface area contributed by atoms with Gasteiger partial charge in [0, 0.05) is 6.54 Å². The molecule has 0 aliphatic carbocycles. The number of halogens is 1. The third-order valence-corrected chi connectivity index (χ3v) is 3.02. The Bertz CT molecular complexity index is 696. The van der Waals surface area contributed by atoms with Crippen molar-refractivity contribution in [1.29, 1.82) is 0 Å². The van der Waals surface area contributed by atoms with Crippen LogP contribution in [0.2, 0.25) is 0 Å². The van der Waals surface area contributed by atoms with Crippen LogP contribution in [0, 0.1) is 12.7 Å². The molecule has 1 aromatic heterocycles. The van der Waals surface area contributed by atoms with Crippen molar-refractivity contribution in [3.63, 3.8) is 0 Å². The van der Waals surface area contributed by atoms with Crippen LogP contribution in [0.25, 0.3) is 5.69 Å². The molecule has 0 aliphatic heterocycles. The lowest BCUT2D eigenvalue weighted by Crippen LogP contribution is -2.37. The first-order chi connectivity index (χ1) is 11.0. The van der Waals surface area contributed by atoms with Crippen LogP contribution in [0.15, 0.2) is 24.3 Å². The normalized spacial score (nSPS) is 10.4. The van der Waals surface area contributed by atoms with Gasteiger partial charge in [-0.3, -0.25) is 9.59 Å². The molecule has 0 saturated carbocycles. The summed E-state index contributed by atoms with van der Waals surface area (Å²) in [6, 6.07) is 5.68. The average molecular weight is 319 g/mol. The van der Waals surface area contributed by atoms with Gasteiger partial charge >= 0.3 is 0 Å². The van der Waals surface area contributed by atoms with Crippen molar-refractivity contribution in [3.05, 3.63) is 41.7 Å². The van der Waals surface area contributed by atoms with E-state index in [1.807, 2.05) is 6.92 Å². The minimum Gasteiger partial charge on any atom is -0.355 e. The van der Waals surface area contributed by atoms with Crippen LogP contribution in [0.3, 0.4) is 0 Å². The van der Waals surface area contributed by atoms with Crippen LogP contribution in [0.5, 0.6) is 0 Å². The number of nitrogens with one attached hydrogen (secondary N) is 2. The standard InChI is InChI=1S/C15H18FN5O2/c1-3-8-17-13(22)9-18-15(23)14-19-10(2)21(20-14)12-6-4-11(16)5-7-12/h4-7H,3,8-9H2,1-2H3,(H,17,22)(H,18,23). The first kappa shape index (κ1) is 16.6. The monoisotopic (exact) mass is 319 g/mol. The van der Waals surface area contributed by atoms with E-state index in [-0.39, 0.29) is 24.1 Å². The van der Waals surface area contributed by atoms with Gasteiger partial charge in [0.05, 0.1) is 12.2 Å². The van der Waals surface area contributed by atoms with Gasteiger partial charge in [-0.2, -0.15) is 0 Å². The Morgan fingerprint density at radius 3 is 2.57 bits per heavy atom. The van der Waals surface area contributed by atoms with Gasteiger partial charge in [0.25, 0.3) is 5.91 Å². The van der Waals surface area contributed by atoms with Crippen LogP contribution in [0.4, 0.5) is 4.39 Å². The topological polar surface area (TPSA) is 88.9 Å². The molecule has 0 radical (unpaired) electrons. The number of benzene rings is 1. The third-order valence-electron chi connectivity index (χ3n) is 3.02. The lowest BCUT2D eigenvalue weighted by molar-refractivity contribution is -0.120. The molecule has 7 nitrogen and oxygen atoms in total. The van der Waals surface area contributed by atoms with Crippen molar-refractivity contribution in [3.8, 4) is 5.69 Å². The SMILES string of the molecule is CCCNC(=O)CNC(=O)c1nc(C)n(-c2ccc(F)cc2)n1. The molecular formula is C15H18FN5O2. The molecule has 2 amide bonds. The van der Waals surface area contributed by atoms with Crippen LogP contribution in [-0.4, -0.2) is 39.7 Å². The first-order valence-electron chi connectivity index (χ1n) is 7.25. The van der Waals surface area contributed by atoms with E-state index in [1.54, 1.807) is 6.92 Å². The fourth-order valence-electron chi connectivity index (χ4n) is 1.88. The Morgan fingerprint density at radius 1 is 1.22 bits per heavy atom. The summed E-state index contributed by atoms with van der Waals surface area (Å²) in [6.45, 7) is 4.04. The lowest BCUT2D eigenvalue weighted by atomic mass is 10.3. The molecule has 0 atom stereocenters. The van der Waals surface area contributed by atoms with Gasteiger partial charge in [-0.05, 0) is 37.6 Å². The van der Waals surface area contributed by atoms with E-state index in [4.69, 9.17) is 0 Å². The maximum atomic E-state index is 13.0.